The van der Waals surface area contributed by atoms with E-state index in [2.05, 4.69) is 25.7 Å². The lowest BCUT2D eigenvalue weighted by atomic mass is 10.1. The molecule has 0 radical (unpaired) electrons. The van der Waals surface area contributed by atoms with E-state index in [-0.39, 0.29) is 39.5 Å². The van der Waals surface area contributed by atoms with Gasteiger partial charge in [-0.25, -0.2) is 9.97 Å². The molecule has 0 saturated carbocycles. The second-order valence-electron chi connectivity index (χ2n) is 8.21. The molecule has 4 aromatic rings. The number of alkyl halides is 3. The van der Waals surface area contributed by atoms with E-state index in [1.54, 1.807) is 0 Å². The molecule has 0 aliphatic carbocycles. The summed E-state index contributed by atoms with van der Waals surface area (Å²) in [5.41, 5.74) is -2.94. The van der Waals surface area contributed by atoms with Gasteiger partial charge in [-0.1, -0.05) is 12.1 Å². The molecule has 0 bridgehead atoms. The molecule has 0 aliphatic heterocycles. The van der Waals surface area contributed by atoms with E-state index < -0.39 is 38.4 Å². The van der Waals surface area contributed by atoms with Crippen LogP contribution in [0.2, 0.25) is 0 Å². The minimum Gasteiger partial charge on any atom is -0.346 e. The summed E-state index contributed by atoms with van der Waals surface area (Å²) < 4.78 is 63.2. The SMILES string of the molecule is Cn1ncc2c(NC(P(=O)(O)O)P(=O)(O)O)nc(-c3cccc(C(=O)Nc4ccc(C(F)(F)F)cc4)c3)nc21. The summed E-state index contributed by atoms with van der Waals surface area (Å²) in [4.78, 5) is 59.3. The van der Waals surface area contributed by atoms with Crippen LogP contribution in [0.1, 0.15) is 15.9 Å². The van der Waals surface area contributed by atoms with Crippen molar-refractivity contribution in [1.29, 1.82) is 0 Å². The Morgan fingerprint density at radius 1 is 1.00 bits per heavy atom. The highest BCUT2D eigenvalue weighted by molar-refractivity contribution is 7.71. The molecule has 2 heterocycles. The summed E-state index contributed by atoms with van der Waals surface area (Å²) in [6, 6.07) is 9.57. The van der Waals surface area contributed by atoms with Crippen LogP contribution in [0.4, 0.5) is 24.7 Å². The number of hydrogen-bond acceptors (Lipinski definition) is 7. The summed E-state index contributed by atoms with van der Waals surface area (Å²) in [5.74, 6) is -1.09. The standard InChI is InChI=1S/C21H19F3N6O7P2/c1-30-18-15(10-25-30)17(29-20(38(32,33)34)39(35,36)37)27-16(28-18)11-3-2-4-12(9-11)19(31)26-14-7-5-13(6-8-14)21(22,23)24/h2-10,20H,1H3,(H,26,31)(H,27,28,29)(H2,32,33,34)(H2,35,36,37). The Bertz CT molecular complexity index is 1630. The van der Waals surface area contributed by atoms with E-state index in [4.69, 9.17) is 0 Å². The number of amides is 1. The van der Waals surface area contributed by atoms with Crippen LogP contribution in [-0.4, -0.2) is 50.8 Å². The third kappa shape index (κ3) is 6.33. The molecule has 206 valence electrons. The normalized spacial score (nSPS) is 12.6. The van der Waals surface area contributed by atoms with E-state index in [9.17, 15) is 46.7 Å². The molecule has 18 heteroatoms. The quantitative estimate of drug-likeness (QED) is 0.174. The van der Waals surface area contributed by atoms with Crippen molar-refractivity contribution >= 4 is 43.6 Å². The highest BCUT2D eigenvalue weighted by atomic mass is 31.2. The molecule has 13 nitrogen and oxygen atoms in total. The first-order valence-electron chi connectivity index (χ1n) is 10.7. The maximum absolute atomic E-state index is 12.8. The van der Waals surface area contributed by atoms with Crippen molar-refractivity contribution in [2.24, 2.45) is 7.05 Å². The Labute approximate surface area is 217 Å². The van der Waals surface area contributed by atoms with Crippen molar-refractivity contribution < 1.29 is 46.7 Å². The molecule has 39 heavy (non-hydrogen) atoms. The van der Waals surface area contributed by atoms with Crippen LogP contribution in [0.25, 0.3) is 22.4 Å². The molecule has 4 rings (SSSR count). The number of aryl methyl sites for hydroxylation is 1. The first kappa shape index (κ1) is 28.4. The van der Waals surface area contributed by atoms with Gasteiger partial charge in [-0.2, -0.15) is 18.3 Å². The third-order valence-corrected chi connectivity index (χ3v) is 8.69. The summed E-state index contributed by atoms with van der Waals surface area (Å²) in [6.07, 6.45) is -3.30. The van der Waals surface area contributed by atoms with E-state index >= 15 is 0 Å². The number of nitrogens with one attached hydrogen (secondary N) is 2. The van der Waals surface area contributed by atoms with Crippen LogP contribution in [0.15, 0.2) is 54.7 Å². The van der Waals surface area contributed by atoms with E-state index in [0.717, 1.165) is 24.3 Å². The number of aromatic nitrogens is 4. The second kappa shape index (κ2) is 10.2. The van der Waals surface area contributed by atoms with Gasteiger partial charge in [-0.15, -0.1) is 0 Å². The van der Waals surface area contributed by atoms with Crippen molar-refractivity contribution in [3.63, 3.8) is 0 Å². The molecular weight excluding hydrogens is 567 g/mol. The van der Waals surface area contributed by atoms with Gasteiger partial charge in [0.2, 0.25) is 5.52 Å². The molecule has 0 unspecified atom stereocenters. The van der Waals surface area contributed by atoms with Gasteiger partial charge in [0.25, 0.3) is 5.91 Å². The van der Waals surface area contributed by atoms with Gasteiger partial charge in [0.05, 0.1) is 17.1 Å². The maximum Gasteiger partial charge on any atom is 0.416 e. The highest BCUT2D eigenvalue weighted by Crippen LogP contribution is 2.59. The predicted molar refractivity (Wildman–Crippen MR) is 133 cm³/mol. The van der Waals surface area contributed by atoms with Crippen molar-refractivity contribution in [3.8, 4) is 11.4 Å². The van der Waals surface area contributed by atoms with Gasteiger partial charge in [0, 0.05) is 23.9 Å². The maximum atomic E-state index is 12.8. The van der Waals surface area contributed by atoms with Crippen molar-refractivity contribution in [2.75, 3.05) is 10.6 Å². The van der Waals surface area contributed by atoms with Crippen molar-refractivity contribution in [3.05, 3.63) is 65.9 Å². The number of benzene rings is 2. The van der Waals surface area contributed by atoms with Gasteiger partial charge in [-0.3, -0.25) is 18.6 Å². The molecule has 0 aliphatic rings. The molecular formula is C21H19F3N6O7P2. The average molecular weight is 586 g/mol. The van der Waals surface area contributed by atoms with Gasteiger partial charge < -0.3 is 30.2 Å². The zero-order chi connectivity index (χ0) is 28.8. The number of nitrogens with zero attached hydrogens (tertiary/aromatic N) is 4. The number of carbonyl (C=O) groups excluding carboxylic acids is 1. The Hall–Kier alpha value is -3.65. The lowest BCUT2D eigenvalue weighted by molar-refractivity contribution is -0.137. The smallest absolute Gasteiger partial charge is 0.346 e. The molecule has 2 aromatic carbocycles. The third-order valence-electron chi connectivity index (χ3n) is 5.35. The zero-order valence-electron chi connectivity index (χ0n) is 19.6. The number of hydrogen-bond donors (Lipinski definition) is 6. The summed E-state index contributed by atoms with van der Waals surface area (Å²) in [7, 11) is -9.23. The van der Waals surface area contributed by atoms with Gasteiger partial charge in [0.1, 0.15) is 5.82 Å². The molecule has 2 aromatic heterocycles. The fourth-order valence-corrected chi connectivity index (χ4v) is 5.64. The van der Waals surface area contributed by atoms with Crippen LogP contribution in [0.3, 0.4) is 0 Å². The fourth-order valence-electron chi connectivity index (χ4n) is 3.49. The number of halogens is 3. The molecule has 0 atom stereocenters. The molecule has 1 amide bonds. The van der Waals surface area contributed by atoms with E-state index in [1.807, 2.05) is 0 Å². The van der Waals surface area contributed by atoms with E-state index in [1.165, 1.54) is 42.2 Å². The van der Waals surface area contributed by atoms with E-state index in [0.29, 0.717) is 0 Å². The average Bonchev–Trinajstić information content (AvgIpc) is 3.21. The molecule has 6 N–H and O–H groups in total. The predicted octanol–water partition coefficient (Wildman–Crippen LogP) is 3.35. The van der Waals surface area contributed by atoms with Crippen LogP contribution < -0.4 is 10.6 Å². The second-order valence-corrected chi connectivity index (χ2v) is 12.0. The van der Waals surface area contributed by atoms with Gasteiger partial charge in [-0.05, 0) is 36.4 Å². The van der Waals surface area contributed by atoms with Crippen LogP contribution in [0, 0.1) is 0 Å². The summed E-state index contributed by atoms with van der Waals surface area (Å²) in [6.45, 7) is 0. The number of carbonyl (C=O) groups is 1. The van der Waals surface area contributed by atoms with Crippen molar-refractivity contribution in [1.82, 2.24) is 19.7 Å². The monoisotopic (exact) mass is 586 g/mol. The summed E-state index contributed by atoms with van der Waals surface area (Å²) >= 11 is 0. The first-order chi connectivity index (χ1) is 18.0. The van der Waals surface area contributed by atoms with Gasteiger partial charge in [0.15, 0.2) is 11.5 Å². The minimum atomic E-state index is -5.37. The number of anilines is 2. The first-order valence-corrected chi connectivity index (χ1v) is 14.1. The lowest BCUT2D eigenvalue weighted by Gasteiger charge is -2.21. The Balaban J connectivity index is 1.69. The van der Waals surface area contributed by atoms with Crippen LogP contribution in [0.5, 0.6) is 0 Å². The Kier molecular flexibility index (Phi) is 7.38. The topological polar surface area (TPSA) is 200 Å². The molecule has 0 saturated heterocycles. The van der Waals surface area contributed by atoms with Gasteiger partial charge >= 0.3 is 21.4 Å². The lowest BCUT2D eigenvalue weighted by Crippen LogP contribution is -2.21. The summed E-state index contributed by atoms with van der Waals surface area (Å²) in [5, 5.41) is 8.68. The van der Waals surface area contributed by atoms with Crippen molar-refractivity contribution in [2.45, 2.75) is 11.7 Å². The number of fused-ring (bicyclic) bond motifs is 1. The number of rotatable bonds is 7. The fraction of sp³-hybridized carbons (Fsp3) is 0.143. The van der Waals surface area contributed by atoms with Crippen LogP contribution in [-0.2, 0) is 22.4 Å². The largest absolute Gasteiger partial charge is 0.416 e. The Morgan fingerprint density at radius 2 is 1.64 bits per heavy atom. The molecule has 0 spiro atoms. The zero-order valence-corrected chi connectivity index (χ0v) is 21.4. The minimum absolute atomic E-state index is 0.0684. The Morgan fingerprint density at radius 3 is 2.23 bits per heavy atom. The van der Waals surface area contributed by atoms with Crippen LogP contribution >= 0.6 is 15.2 Å². The highest BCUT2D eigenvalue weighted by Gasteiger charge is 2.44. The molecule has 0 fully saturated rings.